The molecule has 0 saturated heterocycles. The van der Waals surface area contributed by atoms with Crippen LogP contribution in [0.4, 0.5) is 0 Å². The number of hydrogen-bond donors (Lipinski definition) is 1. The molecular formula is C22H16O4. The molecule has 0 saturated carbocycles. The fourth-order valence-electron chi connectivity index (χ4n) is 3.01. The summed E-state index contributed by atoms with van der Waals surface area (Å²) in [5.74, 6) is -0.874. The number of aliphatic carboxylic acids is 1. The second-order valence-electron chi connectivity index (χ2n) is 5.93. The van der Waals surface area contributed by atoms with Crippen molar-refractivity contribution in [2.75, 3.05) is 0 Å². The summed E-state index contributed by atoms with van der Waals surface area (Å²) >= 11 is 0. The molecule has 0 spiro atoms. The standard InChI is InChI=1S/C22H16O4/c23-21(24)14-12-16-11-13-19-20(15-16)26-22(25-19,17-7-3-1-4-8-17)18-9-5-2-6-10-18/h1-15H,(H,23,24)/b14-12+. The third-order valence-electron chi connectivity index (χ3n) is 4.20. The van der Waals surface area contributed by atoms with Crippen molar-refractivity contribution in [3.63, 3.8) is 0 Å². The minimum absolute atomic E-state index is 0.574. The van der Waals surface area contributed by atoms with Crippen LogP contribution < -0.4 is 9.47 Å². The number of carbonyl (C=O) groups is 1. The first-order valence-corrected chi connectivity index (χ1v) is 8.21. The Morgan fingerprint density at radius 1 is 0.808 bits per heavy atom. The van der Waals surface area contributed by atoms with Crippen molar-refractivity contribution in [2.45, 2.75) is 5.79 Å². The smallest absolute Gasteiger partial charge is 0.328 e. The van der Waals surface area contributed by atoms with Crippen molar-refractivity contribution in [1.82, 2.24) is 0 Å². The Kier molecular flexibility index (Phi) is 3.93. The zero-order chi connectivity index (χ0) is 18.0. The molecule has 0 aromatic heterocycles. The average Bonchev–Trinajstić information content (AvgIpc) is 3.08. The van der Waals surface area contributed by atoms with Gasteiger partial charge in [0.05, 0.1) is 0 Å². The molecule has 1 aliphatic heterocycles. The van der Waals surface area contributed by atoms with Crippen molar-refractivity contribution in [3.05, 3.63) is 102 Å². The Hall–Kier alpha value is -3.53. The van der Waals surface area contributed by atoms with Gasteiger partial charge in [-0.2, -0.15) is 0 Å². The van der Waals surface area contributed by atoms with Crippen LogP contribution in [0.1, 0.15) is 16.7 Å². The Labute approximate surface area is 150 Å². The molecule has 4 heteroatoms. The second kappa shape index (κ2) is 6.41. The molecule has 0 aliphatic carbocycles. The van der Waals surface area contributed by atoms with Crippen LogP contribution in [0.3, 0.4) is 0 Å². The van der Waals surface area contributed by atoms with Gasteiger partial charge in [0.25, 0.3) is 0 Å². The first kappa shape index (κ1) is 16.0. The monoisotopic (exact) mass is 344 g/mol. The van der Waals surface area contributed by atoms with E-state index in [1.165, 1.54) is 6.08 Å². The van der Waals surface area contributed by atoms with Crippen LogP contribution in [0.25, 0.3) is 6.08 Å². The number of rotatable bonds is 4. The van der Waals surface area contributed by atoms with E-state index in [9.17, 15) is 4.79 Å². The van der Waals surface area contributed by atoms with E-state index >= 15 is 0 Å². The number of carboxylic acids is 1. The molecule has 1 N–H and O–H groups in total. The Bertz CT molecular complexity index is 922. The minimum atomic E-state index is -1.07. The summed E-state index contributed by atoms with van der Waals surface area (Å²) in [6, 6.07) is 24.9. The molecule has 26 heavy (non-hydrogen) atoms. The van der Waals surface area contributed by atoms with Crippen molar-refractivity contribution < 1.29 is 19.4 Å². The maximum atomic E-state index is 10.7. The van der Waals surface area contributed by atoms with Gasteiger partial charge in [0.2, 0.25) is 0 Å². The van der Waals surface area contributed by atoms with Crippen LogP contribution in [-0.4, -0.2) is 11.1 Å². The molecule has 0 bridgehead atoms. The van der Waals surface area contributed by atoms with Crippen LogP contribution in [0, 0.1) is 0 Å². The van der Waals surface area contributed by atoms with Gasteiger partial charge in [-0.15, -0.1) is 0 Å². The number of fused-ring (bicyclic) bond motifs is 1. The number of ether oxygens (including phenoxy) is 2. The summed E-state index contributed by atoms with van der Waals surface area (Å²) < 4.78 is 12.6. The van der Waals surface area contributed by atoms with E-state index in [1.54, 1.807) is 18.2 Å². The van der Waals surface area contributed by atoms with Gasteiger partial charge in [-0.05, 0) is 23.8 Å². The van der Waals surface area contributed by atoms with E-state index in [2.05, 4.69) is 0 Å². The van der Waals surface area contributed by atoms with Gasteiger partial charge in [0, 0.05) is 17.2 Å². The van der Waals surface area contributed by atoms with Gasteiger partial charge in [-0.3, -0.25) is 0 Å². The predicted octanol–water partition coefficient (Wildman–Crippen LogP) is 4.46. The lowest BCUT2D eigenvalue weighted by atomic mass is 9.97. The van der Waals surface area contributed by atoms with Crippen molar-refractivity contribution >= 4 is 12.0 Å². The largest absolute Gasteiger partial charge is 0.478 e. The van der Waals surface area contributed by atoms with E-state index in [1.807, 2.05) is 60.7 Å². The molecule has 1 aliphatic rings. The maximum absolute atomic E-state index is 10.7. The normalized spacial score (nSPS) is 14.5. The molecule has 128 valence electrons. The van der Waals surface area contributed by atoms with Crippen molar-refractivity contribution in [1.29, 1.82) is 0 Å². The molecule has 4 rings (SSSR count). The third kappa shape index (κ3) is 2.82. The predicted molar refractivity (Wildman–Crippen MR) is 98.0 cm³/mol. The van der Waals surface area contributed by atoms with E-state index in [0.717, 1.165) is 22.8 Å². The van der Waals surface area contributed by atoms with Crippen LogP contribution >= 0.6 is 0 Å². The van der Waals surface area contributed by atoms with Crippen LogP contribution in [0.15, 0.2) is 84.9 Å². The summed E-state index contributed by atoms with van der Waals surface area (Å²) in [7, 11) is 0. The Morgan fingerprint density at radius 3 is 1.96 bits per heavy atom. The minimum Gasteiger partial charge on any atom is -0.478 e. The van der Waals surface area contributed by atoms with Crippen molar-refractivity contribution in [2.24, 2.45) is 0 Å². The molecule has 0 unspecified atom stereocenters. The van der Waals surface area contributed by atoms with Crippen LogP contribution in [0.5, 0.6) is 11.5 Å². The van der Waals surface area contributed by atoms with Gasteiger partial charge in [0.1, 0.15) is 0 Å². The SMILES string of the molecule is O=C(O)/C=C/c1ccc2c(c1)OC(c1ccccc1)(c1ccccc1)O2. The highest BCUT2D eigenvalue weighted by molar-refractivity contribution is 5.85. The molecule has 0 radical (unpaired) electrons. The van der Waals surface area contributed by atoms with Gasteiger partial charge in [0.15, 0.2) is 11.5 Å². The van der Waals surface area contributed by atoms with Crippen molar-refractivity contribution in [3.8, 4) is 11.5 Å². The number of benzene rings is 3. The Balaban J connectivity index is 1.79. The fraction of sp³-hybridized carbons (Fsp3) is 0.0455. The highest BCUT2D eigenvalue weighted by Gasteiger charge is 2.45. The first-order valence-electron chi connectivity index (χ1n) is 8.21. The second-order valence-corrected chi connectivity index (χ2v) is 5.93. The van der Waals surface area contributed by atoms with Gasteiger partial charge in [-0.25, -0.2) is 4.79 Å². The fourth-order valence-corrected chi connectivity index (χ4v) is 3.01. The molecule has 0 fully saturated rings. The summed E-state index contributed by atoms with van der Waals surface area (Å²) in [5.41, 5.74) is 2.49. The van der Waals surface area contributed by atoms with Gasteiger partial charge in [-0.1, -0.05) is 66.7 Å². The zero-order valence-corrected chi connectivity index (χ0v) is 13.8. The molecule has 3 aromatic carbocycles. The lowest BCUT2D eigenvalue weighted by Gasteiger charge is -2.28. The van der Waals surface area contributed by atoms with Crippen LogP contribution in [0.2, 0.25) is 0 Å². The van der Waals surface area contributed by atoms with E-state index in [-0.39, 0.29) is 0 Å². The molecule has 0 atom stereocenters. The Morgan fingerprint density at radius 2 is 1.38 bits per heavy atom. The van der Waals surface area contributed by atoms with Gasteiger partial charge >= 0.3 is 11.8 Å². The molecular weight excluding hydrogens is 328 g/mol. The lowest BCUT2D eigenvalue weighted by molar-refractivity contribution is -0.131. The average molecular weight is 344 g/mol. The molecule has 0 amide bonds. The summed E-state index contributed by atoms with van der Waals surface area (Å²) in [6.07, 6.45) is 2.62. The number of carboxylic acid groups (broad SMARTS) is 1. The van der Waals surface area contributed by atoms with Crippen LogP contribution in [-0.2, 0) is 10.6 Å². The lowest BCUT2D eigenvalue weighted by Crippen LogP contribution is -2.36. The van der Waals surface area contributed by atoms with E-state index in [0.29, 0.717) is 11.5 Å². The number of hydrogen-bond acceptors (Lipinski definition) is 3. The zero-order valence-electron chi connectivity index (χ0n) is 13.8. The summed E-state index contributed by atoms with van der Waals surface area (Å²) in [4.78, 5) is 10.7. The topological polar surface area (TPSA) is 55.8 Å². The highest BCUT2D eigenvalue weighted by atomic mass is 16.7. The molecule has 3 aromatic rings. The quantitative estimate of drug-likeness (QED) is 0.710. The first-order chi connectivity index (χ1) is 12.7. The van der Waals surface area contributed by atoms with E-state index < -0.39 is 11.8 Å². The third-order valence-corrected chi connectivity index (χ3v) is 4.20. The summed E-state index contributed by atoms with van der Waals surface area (Å²) in [6.45, 7) is 0. The molecule has 4 nitrogen and oxygen atoms in total. The van der Waals surface area contributed by atoms with Gasteiger partial charge < -0.3 is 14.6 Å². The highest BCUT2D eigenvalue weighted by Crippen LogP contribution is 2.47. The molecule has 1 heterocycles. The summed E-state index contributed by atoms with van der Waals surface area (Å²) in [5, 5.41) is 8.81. The maximum Gasteiger partial charge on any atom is 0.328 e. The van der Waals surface area contributed by atoms with E-state index in [4.69, 9.17) is 14.6 Å².